The molecular weight excluding hydrogens is 188 g/mol. The smallest absolute Gasteiger partial charge is 0.160 e. The highest BCUT2D eigenvalue weighted by Gasteiger charge is 2.12. The molecule has 1 rings (SSSR count). The van der Waals surface area contributed by atoms with Gasteiger partial charge in [-0.25, -0.2) is 0 Å². The van der Waals surface area contributed by atoms with Crippen molar-refractivity contribution in [1.29, 1.82) is 0 Å². The van der Waals surface area contributed by atoms with E-state index >= 15 is 0 Å². The molecule has 0 aliphatic heterocycles. The fourth-order valence-electron chi connectivity index (χ4n) is 1.75. The van der Waals surface area contributed by atoms with Gasteiger partial charge in [0, 0.05) is 11.1 Å². The van der Waals surface area contributed by atoms with E-state index in [2.05, 4.69) is 0 Å². The summed E-state index contributed by atoms with van der Waals surface area (Å²) in [5.74, 6) is 0.960. The van der Waals surface area contributed by atoms with Gasteiger partial charge in [0.15, 0.2) is 5.78 Å². The fourth-order valence-corrected chi connectivity index (χ4v) is 1.75. The molecule has 1 aromatic carbocycles. The Bertz CT molecular complexity index is 367. The molecule has 0 spiro atoms. The lowest BCUT2D eigenvalue weighted by Crippen LogP contribution is -2.04. The molecular formula is C13H18O2. The van der Waals surface area contributed by atoms with E-state index in [1.54, 1.807) is 6.92 Å². The minimum absolute atomic E-state index is 0.108. The van der Waals surface area contributed by atoms with Crippen molar-refractivity contribution in [2.24, 2.45) is 0 Å². The highest BCUT2D eigenvalue weighted by molar-refractivity contribution is 5.96. The maximum absolute atomic E-state index is 11.5. The summed E-state index contributed by atoms with van der Waals surface area (Å²) in [4.78, 5) is 11.5. The van der Waals surface area contributed by atoms with E-state index in [0.717, 1.165) is 28.9 Å². The Balaban J connectivity index is 3.31. The first-order valence-electron chi connectivity index (χ1n) is 5.37. The van der Waals surface area contributed by atoms with Crippen LogP contribution in [0.2, 0.25) is 0 Å². The molecule has 2 heteroatoms. The first-order valence-corrected chi connectivity index (χ1v) is 5.37. The van der Waals surface area contributed by atoms with Crippen molar-refractivity contribution in [2.75, 3.05) is 6.61 Å². The second-order valence-corrected chi connectivity index (χ2v) is 3.63. The van der Waals surface area contributed by atoms with Gasteiger partial charge in [-0.05, 0) is 44.9 Å². The molecule has 0 atom stereocenters. The third-order valence-corrected chi connectivity index (χ3v) is 2.39. The average Bonchev–Trinajstić information content (AvgIpc) is 2.17. The molecule has 0 aliphatic carbocycles. The van der Waals surface area contributed by atoms with Crippen LogP contribution >= 0.6 is 0 Å². The largest absolute Gasteiger partial charge is 0.494 e. The molecule has 15 heavy (non-hydrogen) atoms. The quantitative estimate of drug-likeness (QED) is 0.707. The number of hydrogen-bond acceptors (Lipinski definition) is 2. The maximum Gasteiger partial charge on any atom is 0.160 e. The lowest BCUT2D eigenvalue weighted by molar-refractivity contribution is 0.101. The van der Waals surface area contributed by atoms with E-state index in [4.69, 9.17) is 4.74 Å². The molecule has 0 aliphatic rings. The zero-order valence-electron chi connectivity index (χ0n) is 9.89. The summed E-state index contributed by atoms with van der Waals surface area (Å²) in [6, 6.07) is 3.93. The number of ketones is 1. The Morgan fingerprint density at radius 2 is 2.00 bits per heavy atom. The van der Waals surface area contributed by atoms with Gasteiger partial charge in [-0.2, -0.15) is 0 Å². The van der Waals surface area contributed by atoms with Crippen LogP contribution in [-0.4, -0.2) is 12.4 Å². The zero-order valence-corrected chi connectivity index (χ0v) is 9.89. The van der Waals surface area contributed by atoms with Gasteiger partial charge in [0.1, 0.15) is 5.75 Å². The molecule has 1 aromatic rings. The molecule has 0 saturated carbocycles. The minimum Gasteiger partial charge on any atom is -0.494 e. The second kappa shape index (κ2) is 4.96. The van der Waals surface area contributed by atoms with E-state index < -0.39 is 0 Å². The number of hydrogen-bond donors (Lipinski definition) is 0. The van der Waals surface area contributed by atoms with Crippen molar-refractivity contribution < 1.29 is 9.53 Å². The van der Waals surface area contributed by atoms with Gasteiger partial charge in [0.05, 0.1) is 6.61 Å². The van der Waals surface area contributed by atoms with Crippen LogP contribution in [0.15, 0.2) is 12.1 Å². The highest BCUT2D eigenvalue weighted by atomic mass is 16.5. The number of aryl methyl sites for hydroxylation is 1. The van der Waals surface area contributed by atoms with E-state index in [1.165, 1.54) is 0 Å². The lowest BCUT2D eigenvalue weighted by Gasteiger charge is -2.13. The van der Waals surface area contributed by atoms with Crippen LogP contribution in [0.3, 0.4) is 0 Å². The van der Waals surface area contributed by atoms with Crippen LogP contribution in [0, 0.1) is 6.92 Å². The first-order chi connectivity index (χ1) is 7.10. The molecule has 0 amide bonds. The third-order valence-electron chi connectivity index (χ3n) is 2.39. The molecule has 0 unspecified atom stereocenters. The highest BCUT2D eigenvalue weighted by Crippen LogP contribution is 2.25. The van der Waals surface area contributed by atoms with E-state index in [0.29, 0.717) is 6.61 Å². The number of carbonyl (C=O) groups is 1. The molecule has 82 valence electrons. The Morgan fingerprint density at radius 3 is 2.47 bits per heavy atom. The van der Waals surface area contributed by atoms with Gasteiger partial charge in [0.2, 0.25) is 0 Å². The normalized spacial score (nSPS) is 10.1. The van der Waals surface area contributed by atoms with E-state index in [-0.39, 0.29) is 5.78 Å². The summed E-state index contributed by atoms with van der Waals surface area (Å²) in [5, 5.41) is 0. The van der Waals surface area contributed by atoms with E-state index in [1.807, 2.05) is 32.9 Å². The Labute approximate surface area is 91.3 Å². The van der Waals surface area contributed by atoms with Crippen LogP contribution in [0.25, 0.3) is 0 Å². The minimum atomic E-state index is 0.108. The van der Waals surface area contributed by atoms with Crippen LogP contribution in [0.1, 0.15) is 42.3 Å². The second-order valence-electron chi connectivity index (χ2n) is 3.63. The van der Waals surface area contributed by atoms with Crippen LogP contribution in [0.4, 0.5) is 0 Å². The van der Waals surface area contributed by atoms with Crippen molar-refractivity contribution >= 4 is 5.78 Å². The fraction of sp³-hybridized carbons (Fsp3) is 0.462. The molecule has 0 heterocycles. The number of benzene rings is 1. The summed E-state index contributed by atoms with van der Waals surface area (Å²) in [6.07, 6.45) is 0.824. The molecule has 0 bridgehead atoms. The summed E-state index contributed by atoms with van der Waals surface area (Å²) in [5.41, 5.74) is 2.89. The predicted molar refractivity (Wildman–Crippen MR) is 61.7 cm³/mol. The van der Waals surface area contributed by atoms with Crippen molar-refractivity contribution in [3.05, 3.63) is 28.8 Å². The van der Waals surface area contributed by atoms with Crippen LogP contribution in [-0.2, 0) is 6.42 Å². The SMILES string of the molecule is CCOc1cc(C)cc(C(C)=O)c1CC. The average molecular weight is 206 g/mol. The van der Waals surface area contributed by atoms with Gasteiger partial charge in [-0.15, -0.1) is 0 Å². The molecule has 0 radical (unpaired) electrons. The summed E-state index contributed by atoms with van der Waals surface area (Å²) in [7, 11) is 0. The Kier molecular flexibility index (Phi) is 3.89. The molecule has 0 fully saturated rings. The van der Waals surface area contributed by atoms with Crippen molar-refractivity contribution in [2.45, 2.75) is 34.1 Å². The van der Waals surface area contributed by atoms with Crippen molar-refractivity contribution in [3.63, 3.8) is 0 Å². The number of ether oxygens (including phenoxy) is 1. The molecule has 0 saturated heterocycles. The van der Waals surface area contributed by atoms with Crippen LogP contribution < -0.4 is 4.74 Å². The maximum atomic E-state index is 11.5. The zero-order chi connectivity index (χ0) is 11.4. The summed E-state index contributed by atoms with van der Waals surface area (Å²) >= 11 is 0. The number of carbonyl (C=O) groups excluding carboxylic acids is 1. The Hall–Kier alpha value is -1.31. The van der Waals surface area contributed by atoms with Gasteiger partial charge in [-0.1, -0.05) is 6.92 Å². The first kappa shape index (κ1) is 11.8. The third kappa shape index (κ3) is 2.58. The van der Waals surface area contributed by atoms with Gasteiger partial charge >= 0.3 is 0 Å². The van der Waals surface area contributed by atoms with Crippen molar-refractivity contribution in [1.82, 2.24) is 0 Å². The number of Topliss-reactive ketones (excluding diaryl/α,β-unsaturated/α-hetero) is 1. The van der Waals surface area contributed by atoms with E-state index in [9.17, 15) is 4.79 Å². The molecule has 2 nitrogen and oxygen atoms in total. The lowest BCUT2D eigenvalue weighted by atomic mass is 9.98. The standard InChI is InChI=1S/C13H18O2/c1-5-11-12(10(4)14)7-9(3)8-13(11)15-6-2/h7-8H,5-6H2,1-4H3. The van der Waals surface area contributed by atoms with Gasteiger partial charge in [0.25, 0.3) is 0 Å². The summed E-state index contributed by atoms with van der Waals surface area (Å²) < 4.78 is 5.55. The molecule has 0 N–H and O–H groups in total. The molecule has 0 aromatic heterocycles. The van der Waals surface area contributed by atoms with Crippen molar-refractivity contribution in [3.8, 4) is 5.75 Å². The summed E-state index contributed by atoms with van der Waals surface area (Å²) in [6.45, 7) is 8.21. The van der Waals surface area contributed by atoms with Crippen LogP contribution in [0.5, 0.6) is 5.75 Å². The topological polar surface area (TPSA) is 26.3 Å². The monoisotopic (exact) mass is 206 g/mol. The Morgan fingerprint density at radius 1 is 1.33 bits per heavy atom. The van der Waals surface area contributed by atoms with Gasteiger partial charge in [-0.3, -0.25) is 4.79 Å². The number of rotatable bonds is 4. The van der Waals surface area contributed by atoms with Gasteiger partial charge < -0.3 is 4.74 Å². The predicted octanol–water partition coefficient (Wildman–Crippen LogP) is 3.16.